The molecule has 0 fully saturated rings. The molecule has 0 atom stereocenters. The number of hydrogen-bond donors (Lipinski definition) is 2. The first kappa shape index (κ1) is 16.5. The highest BCUT2D eigenvalue weighted by Gasteiger charge is 2.12. The first-order valence-corrected chi connectivity index (χ1v) is 9.25. The second-order valence-corrected chi connectivity index (χ2v) is 7.03. The van der Waals surface area contributed by atoms with E-state index in [1.807, 2.05) is 18.4 Å². The summed E-state index contributed by atoms with van der Waals surface area (Å²) in [4.78, 5) is 0.318. The van der Waals surface area contributed by atoms with Crippen molar-refractivity contribution in [3.63, 3.8) is 0 Å². The number of nitrogens with two attached hydrogens (primary N) is 1. The highest BCUT2D eigenvalue weighted by atomic mass is 32.2. The molecule has 1 aromatic rings. The molecule has 0 saturated carbocycles. The number of rotatable bonds is 9. The third-order valence-corrected chi connectivity index (χ3v) is 4.91. The molecule has 0 radical (unpaired) electrons. The Morgan fingerprint density at radius 1 is 1.21 bits per heavy atom. The summed E-state index contributed by atoms with van der Waals surface area (Å²) in [7, 11) is -3.37. The van der Waals surface area contributed by atoms with E-state index in [-0.39, 0.29) is 0 Å². The first-order chi connectivity index (χ1) is 9.10. The van der Waals surface area contributed by atoms with Gasteiger partial charge in [0.1, 0.15) is 0 Å². The van der Waals surface area contributed by atoms with Gasteiger partial charge in [-0.3, -0.25) is 0 Å². The summed E-state index contributed by atoms with van der Waals surface area (Å²) >= 11 is 1.77. The van der Waals surface area contributed by atoms with Gasteiger partial charge in [0.05, 0.1) is 4.90 Å². The van der Waals surface area contributed by atoms with E-state index < -0.39 is 10.0 Å². The molecule has 19 heavy (non-hydrogen) atoms. The van der Waals surface area contributed by atoms with Crippen LogP contribution in [-0.4, -0.2) is 33.5 Å². The number of hydrogen-bond acceptors (Lipinski definition) is 4. The second kappa shape index (κ2) is 8.58. The van der Waals surface area contributed by atoms with Crippen LogP contribution in [0.3, 0.4) is 0 Å². The van der Waals surface area contributed by atoms with Crippen LogP contribution in [0.1, 0.15) is 18.4 Å². The minimum absolute atomic E-state index is 0.318. The van der Waals surface area contributed by atoms with E-state index in [1.54, 1.807) is 23.9 Å². The Hall–Kier alpha value is -0.560. The molecular formula is C13H22N2O2S2. The Bertz CT molecular complexity index is 458. The number of nitrogens with one attached hydrogen (secondary N) is 1. The van der Waals surface area contributed by atoms with Crippen molar-refractivity contribution in [3.8, 4) is 0 Å². The van der Waals surface area contributed by atoms with E-state index >= 15 is 0 Å². The molecule has 0 aliphatic rings. The van der Waals surface area contributed by atoms with Gasteiger partial charge in [0.2, 0.25) is 10.0 Å². The van der Waals surface area contributed by atoms with Gasteiger partial charge in [0.15, 0.2) is 0 Å². The molecule has 0 bridgehead atoms. The third-order valence-electron chi connectivity index (χ3n) is 2.73. The standard InChI is InChI=1S/C13H22N2O2S2/c1-18-11-3-2-10-15-19(16,17)13-6-4-12(5-7-13)8-9-14/h4-7,15H,2-3,8-11,14H2,1H3. The average molecular weight is 302 g/mol. The van der Waals surface area contributed by atoms with Crippen molar-refractivity contribution in [2.75, 3.05) is 25.1 Å². The minimum atomic E-state index is -3.37. The predicted octanol–water partition coefficient (Wildman–Crippen LogP) is 1.61. The van der Waals surface area contributed by atoms with Crippen LogP contribution in [0.4, 0.5) is 0 Å². The van der Waals surface area contributed by atoms with Crippen LogP contribution >= 0.6 is 11.8 Å². The number of unbranched alkanes of at least 4 members (excludes halogenated alkanes) is 1. The van der Waals surface area contributed by atoms with E-state index in [0.717, 1.165) is 30.6 Å². The number of benzene rings is 1. The molecule has 3 N–H and O–H groups in total. The molecule has 0 saturated heterocycles. The highest BCUT2D eigenvalue weighted by molar-refractivity contribution is 7.98. The topological polar surface area (TPSA) is 72.2 Å². The second-order valence-electron chi connectivity index (χ2n) is 4.28. The van der Waals surface area contributed by atoms with Gasteiger partial charge in [0, 0.05) is 6.54 Å². The molecule has 6 heteroatoms. The van der Waals surface area contributed by atoms with Crippen LogP contribution in [-0.2, 0) is 16.4 Å². The van der Waals surface area contributed by atoms with Crippen molar-refractivity contribution in [2.24, 2.45) is 5.73 Å². The van der Waals surface area contributed by atoms with Gasteiger partial charge in [-0.1, -0.05) is 12.1 Å². The van der Waals surface area contributed by atoms with Gasteiger partial charge in [-0.15, -0.1) is 0 Å². The lowest BCUT2D eigenvalue weighted by Crippen LogP contribution is -2.24. The van der Waals surface area contributed by atoms with E-state index in [4.69, 9.17) is 5.73 Å². The quantitative estimate of drug-likeness (QED) is 0.680. The molecule has 4 nitrogen and oxygen atoms in total. The summed E-state index contributed by atoms with van der Waals surface area (Å²) in [6, 6.07) is 6.90. The van der Waals surface area contributed by atoms with E-state index in [1.165, 1.54) is 0 Å². The van der Waals surface area contributed by atoms with Gasteiger partial charge in [-0.05, 0) is 55.5 Å². The maximum absolute atomic E-state index is 12.0. The molecule has 0 unspecified atom stereocenters. The van der Waals surface area contributed by atoms with Crippen molar-refractivity contribution < 1.29 is 8.42 Å². The Morgan fingerprint density at radius 3 is 2.47 bits per heavy atom. The molecule has 0 spiro atoms. The monoisotopic (exact) mass is 302 g/mol. The van der Waals surface area contributed by atoms with Gasteiger partial charge >= 0.3 is 0 Å². The zero-order chi connectivity index (χ0) is 14.1. The zero-order valence-corrected chi connectivity index (χ0v) is 12.9. The minimum Gasteiger partial charge on any atom is -0.330 e. The summed E-state index contributed by atoms with van der Waals surface area (Å²) in [5, 5.41) is 0. The lowest BCUT2D eigenvalue weighted by atomic mass is 10.2. The first-order valence-electron chi connectivity index (χ1n) is 6.38. The molecule has 0 aliphatic heterocycles. The Labute approximate surface area is 120 Å². The van der Waals surface area contributed by atoms with E-state index in [9.17, 15) is 8.42 Å². The molecule has 108 valence electrons. The molecule has 1 rings (SSSR count). The summed E-state index contributed by atoms with van der Waals surface area (Å²) < 4.78 is 26.6. The van der Waals surface area contributed by atoms with Gasteiger partial charge in [0.25, 0.3) is 0 Å². The summed E-state index contributed by atoms with van der Waals surface area (Å²) in [5.41, 5.74) is 6.51. The molecule has 0 aromatic heterocycles. The Balaban J connectivity index is 2.52. The summed E-state index contributed by atoms with van der Waals surface area (Å²) in [6.45, 7) is 1.06. The van der Waals surface area contributed by atoms with Crippen LogP contribution in [0.5, 0.6) is 0 Å². The molecule has 1 aromatic carbocycles. The van der Waals surface area contributed by atoms with Gasteiger partial charge < -0.3 is 5.73 Å². The molecule has 0 heterocycles. The van der Waals surface area contributed by atoms with Gasteiger partial charge in [-0.2, -0.15) is 11.8 Å². The SMILES string of the molecule is CSCCCCNS(=O)(=O)c1ccc(CCN)cc1. The fourth-order valence-corrected chi connectivity index (χ4v) is 3.23. The summed E-state index contributed by atoms with van der Waals surface area (Å²) in [6.07, 6.45) is 4.71. The van der Waals surface area contributed by atoms with Gasteiger partial charge in [-0.25, -0.2) is 13.1 Å². The molecule has 0 aliphatic carbocycles. The number of sulfonamides is 1. The van der Waals surface area contributed by atoms with E-state index in [2.05, 4.69) is 4.72 Å². The highest BCUT2D eigenvalue weighted by Crippen LogP contribution is 2.11. The van der Waals surface area contributed by atoms with E-state index in [0.29, 0.717) is 18.0 Å². The Morgan fingerprint density at radius 2 is 1.89 bits per heavy atom. The molecule has 0 amide bonds. The maximum Gasteiger partial charge on any atom is 0.240 e. The largest absolute Gasteiger partial charge is 0.330 e. The van der Waals surface area contributed by atoms with Crippen molar-refractivity contribution in [3.05, 3.63) is 29.8 Å². The zero-order valence-electron chi connectivity index (χ0n) is 11.3. The smallest absolute Gasteiger partial charge is 0.240 e. The van der Waals surface area contributed by atoms with Crippen LogP contribution in [0.15, 0.2) is 29.2 Å². The normalized spacial score (nSPS) is 11.7. The number of thioether (sulfide) groups is 1. The predicted molar refractivity (Wildman–Crippen MR) is 82.0 cm³/mol. The van der Waals surface area contributed by atoms with Crippen LogP contribution in [0.2, 0.25) is 0 Å². The summed E-state index contributed by atoms with van der Waals surface area (Å²) in [5.74, 6) is 1.06. The Kier molecular flexibility index (Phi) is 7.45. The third kappa shape index (κ3) is 5.95. The fourth-order valence-electron chi connectivity index (χ4n) is 1.66. The van der Waals surface area contributed by atoms with Crippen LogP contribution in [0.25, 0.3) is 0 Å². The lowest BCUT2D eigenvalue weighted by Gasteiger charge is -2.07. The van der Waals surface area contributed by atoms with Crippen LogP contribution in [0, 0.1) is 0 Å². The molecular weight excluding hydrogens is 280 g/mol. The van der Waals surface area contributed by atoms with Crippen molar-refractivity contribution >= 4 is 21.8 Å². The van der Waals surface area contributed by atoms with Crippen molar-refractivity contribution in [2.45, 2.75) is 24.2 Å². The fraction of sp³-hybridized carbons (Fsp3) is 0.538. The lowest BCUT2D eigenvalue weighted by molar-refractivity contribution is 0.578. The average Bonchev–Trinajstić information content (AvgIpc) is 2.39. The van der Waals surface area contributed by atoms with Crippen molar-refractivity contribution in [1.82, 2.24) is 4.72 Å². The van der Waals surface area contributed by atoms with Crippen molar-refractivity contribution in [1.29, 1.82) is 0 Å². The maximum atomic E-state index is 12.0. The van der Waals surface area contributed by atoms with Crippen LogP contribution < -0.4 is 10.5 Å².